The molecule has 0 aliphatic carbocycles. The Kier molecular flexibility index (Phi) is 11.1. The number of rotatable bonds is 12. The highest BCUT2D eigenvalue weighted by Gasteiger charge is 2.50. The Morgan fingerprint density at radius 2 is 1.38 bits per heavy atom. The standard InChI is InChI=1S/C30H37NO3S2Si/c1-24(32)36-23-29(33)31-26(22-35-21-25-14-8-5-9-15-25)20-34-37(30(2,3)4,27-16-10-6-11-17-27)28-18-12-7-13-19-28/h5-19,26H,20-23H2,1-4H3,(H,31,33). The predicted octanol–water partition coefficient (Wildman–Crippen LogP) is 5.26. The molecule has 37 heavy (non-hydrogen) atoms. The van der Waals surface area contributed by atoms with Gasteiger partial charge >= 0.3 is 0 Å². The minimum atomic E-state index is -2.72. The number of carbonyl (C=O) groups is 2. The number of thioether (sulfide) groups is 2. The van der Waals surface area contributed by atoms with Crippen LogP contribution in [0.3, 0.4) is 0 Å². The van der Waals surface area contributed by atoms with Gasteiger partial charge in [0.1, 0.15) is 0 Å². The highest BCUT2D eigenvalue weighted by molar-refractivity contribution is 8.14. The summed E-state index contributed by atoms with van der Waals surface area (Å²) in [6.45, 7) is 8.63. The van der Waals surface area contributed by atoms with E-state index in [2.05, 4.69) is 86.8 Å². The highest BCUT2D eigenvalue weighted by Crippen LogP contribution is 2.36. The maximum atomic E-state index is 12.7. The lowest BCUT2D eigenvalue weighted by molar-refractivity contribution is -0.119. The van der Waals surface area contributed by atoms with Gasteiger partial charge in [0, 0.05) is 18.4 Å². The van der Waals surface area contributed by atoms with Crippen LogP contribution in [0.4, 0.5) is 0 Å². The summed E-state index contributed by atoms with van der Waals surface area (Å²) in [5.74, 6) is 1.55. The van der Waals surface area contributed by atoms with E-state index in [0.717, 1.165) is 17.5 Å². The molecule has 0 aliphatic heterocycles. The molecule has 0 aliphatic rings. The van der Waals surface area contributed by atoms with Gasteiger partial charge in [0.2, 0.25) is 5.91 Å². The van der Waals surface area contributed by atoms with Crippen LogP contribution in [-0.2, 0) is 19.8 Å². The number of hydrogen-bond acceptors (Lipinski definition) is 5. The fourth-order valence-corrected chi connectivity index (χ4v) is 10.5. The Balaban J connectivity index is 1.86. The summed E-state index contributed by atoms with van der Waals surface area (Å²) in [5.41, 5.74) is 1.25. The fraction of sp³-hybridized carbons (Fsp3) is 0.333. The van der Waals surface area contributed by atoms with E-state index >= 15 is 0 Å². The van der Waals surface area contributed by atoms with Crippen LogP contribution in [0.2, 0.25) is 5.04 Å². The third-order valence-electron chi connectivity index (χ3n) is 6.12. The normalized spacial score (nSPS) is 12.6. The van der Waals surface area contributed by atoms with Crippen molar-refractivity contribution >= 4 is 53.2 Å². The molecule has 0 bridgehead atoms. The van der Waals surface area contributed by atoms with Crippen molar-refractivity contribution < 1.29 is 14.0 Å². The molecule has 0 saturated carbocycles. The molecule has 1 N–H and O–H groups in total. The lowest BCUT2D eigenvalue weighted by Gasteiger charge is -2.43. The molecular weight excluding hydrogens is 515 g/mol. The molecule has 0 fully saturated rings. The van der Waals surface area contributed by atoms with Crippen molar-refractivity contribution in [2.45, 2.75) is 44.5 Å². The molecule has 1 amide bonds. The first-order chi connectivity index (χ1) is 17.7. The lowest BCUT2D eigenvalue weighted by atomic mass is 10.2. The van der Waals surface area contributed by atoms with Crippen LogP contribution in [0.1, 0.15) is 33.3 Å². The maximum Gasteiger partial charge on any atom is 0.261 e. The van der Waals surface area contributed by atoms with Gasteiger partial charge in [-0.3, -0.25) is 9.59 Å². The molecule has 0 spiro atoms. The van der Waals surface area contributed by atoms with Gasteiger partial charge in [-0.25, -0.2) is 0 Å². The van der Waals surface area contributed by atoms with Crippen LogP contribution in [-0.4, -0.2) is 43.5 Å². The van der Waals surface area contributed by atoms with E-state index in [1.807, 2.05) is 30.3 Å². The Hall–Kier alpha value is -2.32. The second kappa shape index (κ2) is 14.0. The van der Waals surface area contributed by atoms with Gasteiger partial charge in [0.15, 0.2) is 5.12 Å². The van der Waals surface area contributed by atoms with Crippen LogP contribution < -0.4 is 15.7 Å². The average molecular weight is 552 g/mol. The summed E-state index contributed by atoms with van der Waals surface area (Å²) >= 11 is 2.81. The molecule has 7 heteroatoms. The zero-order valence-corrected chi connectivity index (χ0v) is 24.7. The monoisotopic (exact) mass is 551 g/mol. The molecule has 196 valence electrons. The van der Waals surface area contributed by atoms with Crippen molar-refractivity contribution in [1.29, 1.82) is 0 Å². The summed E-state index contributed by atoms with van der Waals surface area (Å²) in [7, 11) is -2.72. The molecule has 1 unspecified atom stereocenters. The Morgan fingerprint density at radius 1 is 0.865 bits per heavy atom. The average Bonchev–Trinajstić information content (AvgIpc) is 2.89. The molecule has 0 saturated heterocycles. The van der Waals surface area contributed by atoms with Gasteiger partial charge < -0.3 is 9.74 Å². The van der Waals surface area contributed by atoms with Gasteiger partial charge in [0.05, 0.1) is 18.4 Å². The van der Waals surface area contributed by atoms with E-state index in [1.165, 1.54) is 22.9 Å². The van der Waals surface area contributed by atoms with Crippen LogP contribution in [0.25, 0.3) is 0 Å². The fourth-order valence-electron chi connectivity index (χ4n) is 4.45. The molecule has 0 radical (unpaired) electrons. The van der Waals surface area contributed by atoms with Gasteiger partial charge in [-0.2, -0.15) is 11.8 Å². The Labute approximate surface area is 231 Å². The molecule has 3 rings (SSSR count). The smallest absolute Gasteiger partial charge is 0.261 e. The van der Waals surface area contributed by atoms with Crippen LogP contribution in [0.15, 0.2) is 91.0 Å². The van der Waals surface area contributed by atoms with Crippen molar-refractivity contribution in [3.8, 4) is 0 Å². The Morgan fingerprint density at radius 3 is 1.86 bits per heavy atom. The maximum absolute atomic E-state index is 12.7. The molecule has 3 aromatic carbocycles. The van der Waals surface area contributed by atoms with Crippen molar-refractivity contribution in [1.82, 2.24) is 5.32 Å². The van der Waals surface area contributed by atoms with Crippen LogP contribution >= 0.6 is 23.5 Å². The van der Waals surface area contributed by atoms with Gasteiger partial charge in [0.25, 0.3) is 8.32 Å². The predicted molar refractivity (Wildman–Crippen MR) is 161 cm³/mol. The molecular formula is C30H37NO3S2Si. The third-order valence-corrected chi connectivity index (χ3v) is 13.1. The summed E-state index contributed by atoms with van der Waals surface area (Å²) in [6.07, 6.45) is 0. The second-order valence-corrected chi connectivity index (χ2v) is 16.5. The molecule has 4 nitrogen and oxygen atoms in total. The number of carbonyl (C=O) groups excluding carboxylic acids is 2. The molecule has 0 heterocycles. The summed E-state index contributed by atoms with van der Waals surface area (Å²) in [6, 6.07) is 31.2. The van der Waals surface area contributed by atoms with E-state index in [9.17, 15) is 9.59 Å². The Bertz CT molecular complexity index is 1080. The SMILES string of the molecule is CC(=O)SCC(=O)NC(CO[Si](c1ccccc1)(c1ccccc1)C(C)(C)C)CSCc1ccccc1. The summed E-state index contributed by atoms with van der Waals surface area (Å²) in [4.78, 5) is 24.1. The zero-order valence-electron chi connectivity index (χ0n) is 22.1. The van der Waals surface area contributed by atoms with Gasteiger partial charge in [-0.05, 0) is 21.0 Å². The molecule has 1 atom stereocenters. The van der Waals surface area contributed by atoms with E-state index in [0.29, 0.717) is 12.4 Å². The highest BCUT2D eigenvalue weighted by atomic mass is 32.2. The van der Waals surface area contributed by atoms with Gasteiger partial charge in [-0.1, -0.05) is 124 Å². The van der Waals surface area contributed by atoms with Crippen LogP contribution in [0, 0.1) is 0 Å². The van der Waals surface area contributed by atoms with Crippen molar-refractivity contribution in [2.24, 2.45) is 0 Å². The number of benzene rings is 3. The van der Waals surface area contributed by atoms with E-state index in [-0.39, 0.29) is 27.9 Å². The van der Waals surface area contributed by atoms with Crippen LogP contribution in [0.5, 0.6) is 0 Å². The third kappa shape index (κ3) is 8.33. The first kappa shape index (κ1) is 29.2. The van der Waals surface area contributed by atoms with Crippen molar-refractivity contribution in [3.05, 3.63) is 96.6 Å². The molecule has 0 aromatic heterocycles. The topological polar surface area (TPSA) is 55.4 Å². The summed E-state index contributed by atoms with van der Waals surface area (Å²) < 4.78 is 7.09. The van der Waals surface area contributed by atoms with Gasteiger partial charge in [-0.15, -0.1) is 0 Å². The molecule has 3 aromatic rings. The van der Waals surface area contributed by atoms with Crippen molar-refractivity contribution in [3.63, 3.8) is 0 Å². The first-order valence-electron chi connectivity index (χ1n) is 12.5. The van der Waals surface area contributed by atoms with E-state index < -0.39 is 8.32 Å². The summed E-state index contributed by atoms with van der Waals surface area (Å²) in [5, 5.41) is 5.36. The number of hydrogen-bond donors (Lipinski definition) is 1. The van der Waals surface area contributed by atoms with E-state index in [1.54, 1.807) is 11.8 Å². The first-order valence-corrected chi connectivity index (χ1v) is 16.6. The lowest BCUT2D eigenvalue weighted by Crippen LogP contribution is -2.67. The zero-order chi connectivity index (χ0) is 26.7. The van der Waals surface area contributed by atoms with Crippen molar-refractivity contribution in [2.75, 3.05) is 18.1 Å². The minimum Gasteiger partial charge on any atom is -0.405 e. The second-order valence-electron chi connectivity index (χ2n) is 10.0. The van der Waals surface area contributed by atoms with E-state index in [4.69, 9.17) is 4.43 Å². The number of amides is 1. The largest absolute Gasteiger partial charge is 0.405 e. The quantitative estimate of drug-likeness (QED) is 0.311. The number of nitrogens with one attached hydrogen (secondary N) is 1. The minimum absolute atomic E-state index is 0.0614.